The molecule has 2 amide bonds. The van der Waals surface area contributed by atoms with E-state index in [4.69, 9.17) is 0 Å². The first-order chi connectivity index (χ1) is 15.2. The largest absolute Gasteiger partial charge is 0.344 e. The maximum Gasteiger partial charge on any atom is 0.248 e. The van der Waals surface area contributed by atoms with Crippen molar-refractivity contribution in [2.24, 2.45) is 5.92 Å². The van der Waals surface area contributed by atoms with E-state index in [2.05, 4.69) is 40.0 Å². The fraction of sp³-hybridized carbons (Fsp3) is 0.545. The highest BCUT2D eigenvalue weighted by Gasteiger charge is 2.22. The predicted molar refractivity (Wildman–Crippen MR) is 129 cm³/mol. The van der Waals surface area contributed by atoms with Crippen LogP contribution in [0.4, 0.5) is 13.9 Å². The average molecular weight is 504 g/mol. The molecule has 1 aromatic heterocycles. The average Bonchev–Trinajstić information content (AvgIpc) is 3.15. The summed E-state index contributed by atoms with van der Waals surface area (Å²) in [7, 11) is 0. The molecule has 1 heterocycles. The molecule has 184 valence electrons. The van der Waals surface area contributed by atoms with Crippen molar-refractivity contribution < 1.29 is 18.4 Å². The van der Waals surface area contributed by atoms with Gasteiger partial charge >= 0.3 is 0 Å². The van der Waals surface area contributed by atoms with Crippen LogP contribution in [-0.2, 0) is 16.0 Å². The van der Waals surface area contributed by atoms with Crippen molar-refractivity contribution >= 4 is 40.7 Å². The van der Waals surface area contributed by atoms with Gasteiger partial charge in [0.2, 0.25) is 16.9 Å². The van der Waals surface area contributed by atoms with Gasteiger partial charge in [-0.25, -0.2) is 8.78 Å². The summed E-state index contributed by atoms with van der Waals surface area (Å²) in [6, 6.07) is 2.15. The van der Waals surface area contributed by atoms with E-state index in [1.165, 1.54) is 11.3 Å². The molecule has 0 spiro atoms. The van der Waals surface area contributed by atoms with Crippen molar-refractivity contribution in [2.45, 2.75) is 65.5 Å². The van der Waals surface area contributed by atoms with Gasteiger partial charge in [0.15, 0.2) is 0 Å². The summed E-state index contributed by atoms with van der Waals surface area (Å²) < 4.78 is 26.7. The molecule has 2 unspecified atom stereocenters. The Bertz CT molecular complexity index is 892. The first-order valence-corrected chi connectivity index (χ1v) is 11.6. The zero-order chi connectivity index (χ0) is 23.7. The van der Waals surface area contributed by atoms with Gasteiger partial charge in [-0.2, -0.15) is 0 Å². The molecule has 0 fully saturated rings. The van der Waals surface area contributed by atoms with Crippen LogP contribution in [0.5, 0.6) is 0 Å². The van der Waals surface area contributed by atoms with Crippen LogP contribution in [0.25, 0.3) is 0 Å². The molecular formula is C22H32ClF2N5O2S. The minimum absolute atomic E-state index is 0. The van der Waals surface area contributed by atoms with E-state index in [-0.39, 0.29) is 30.4 Å². The fourth-order valence-corrected chi connectivity index (χ4v) is 3.80. The van der Waals surface area contributed by atoms with Gasteiger partial charge < -0.3 is 10.6 Å². The Morgan fingerprint density at radius 3 is 2.33 bits per heavy atom. The van der Waals surface area contributed by atoms with Gasteiger partial charge in [-0.05, 0) is 49.9 Å². The number of hydrogen-bond donors (Lipinski definition) is 3. The molecule has 0 radical (unpaired) electrons. The highest BCUT2D eigenvalue weighted by Crippen LogP contribution is 2.22. The summed E-state index contributed by atoms with van der Waals surface area (Å²) in [4.78, 5) is 25.1. The third kappa shape index (κ3) is 10.1. The van der Waals surface area contributed by atoms with Gasteiger partial charge in [0.05, 0.1) is 12.5 Å². The topological polar surface area (TPSA) is 96.0 Å². The van der Waals surface area contributed by atoms with Crippen LogP contribution in [0.15, 0.2) is 18.2 Å². The molecule has 2 aromatic rings. The Hall–Kier alpha value is -2.17. The molecule has 11 heteroatoms. The minimum Gasteiger partial charge on any atom is -0.344 e. The zero-order valence-corrected chi connectivity index (χ0v) is 20.9. The van der Waals surface area contributed by atoms with Gasteiger partial charge in [0.1, 0.15) is 22.7 Å². The van der Waals surface area contributed by atoms with E-state index in [1.807, 2.05) is 13.8 Å². The second-order valence-corrected chi connectivity index (χ2v) is 9.17. The van der Waals surface area contributed by atoms with E-state index in [9.17, 15) is 18.4 Å². The standard InChI is InChI=1S/C22H31F2N5O2S.ClH/c1-5-6-18(26-19(30)11-15-9-16(23)12-17(24)10-15)20(31)27-22-29-28-21(32-22)14(4)25-8-7-13(2)3;/h9-10,12-14,18,25H,5-8,11H2,1-4H3,(H,26,30)(H,27,29,31);1H. The van der Waals surface area contributed by atoms with Gasteiger partial charge in [-0.1, -0.05) is 38.5 Å². The summed E-state index contributed by atoms with van der Waals surface area (Å²) in [6.45, 7) is 9.06. The fourth-order valence-electron chi connectivity index (χ4n) is 3.03. The number of nitrogens with one attached hydrogen (secondary N) is 3. The first-order valence-electron chi connectivity index (χ1n) is 10.8. The van der Waals surface area contributed by atoms with E-state index in [0.29, 0.717) is 23.9 Å². The molecule has 0 saturated heterocycles. The number of nitrogens with zero attached hydrogens (tertiary/aromatic N) is 2. The van der Waals surface area contributed by atoms with Crippen molar-refractivity contribution in [1.82, 2.24) is 20.8 Å². The zero-order valence-electron chi connectivity index (χ0n) is 19.3. The Morgan fingerprint density at radius 1 is 1.06 bits per heavy atom. The molecule has 1 aromatic carbocycles. The second-order valence-electron chi connectivity index (χ2n) is 8.16. The van der Waals surface area contributed by atoms with Gasteiger partial charge in [0.25, 0.3) is 0 Å². The number of rotatable bonds is 12. The highest BCUT2D eigenvalue weighted by molar-refractivity contribution is 7.15. The summed E-state index contributed by atoms with van der Waals surface area (Å²) in [5.41, 5.74) is 0.198. The van der Waals surface area contributed by atoms with Crippen LogP contribution in [0.2, 0.25) is 0 Å². The molecule has 0 bridgehead atoms. The summed E-state index contributed by atoms with van der Waals surface area (Å²) >= 11 is 1.28. The molecule has 0 aliphatic rings. The quantitative estimate of drug-likeness (QED) is 0.399. The number of carbonyl (C=O) groups is 2. The second kappa shape index (κ2) is 14.2. The number of benzene rings is 1. The van der Waals surface area contributed by atoms with E-state index < -0.39 is 29.5 Å². The van der Waals surface area contributed by atoms with Gasteiger partial charge in [0, 0.05) is 6.07 Å². The summed E-state index contributed by atoms with van der Waals surface area (Å²) in [5, 5.41) is 18.0. The Morgan fingerprint density at radius 2 is 1.73 bits per heavy atom. The van der Waals surface area contributed by atoms with Crippen LogP contribution < -0.4 is 16.0 Å². The lowest BCUT2D eigenvalue weighted by Gasteiger charge is -2.17. The summed E-state index contributed by atoms with van der Waals surface area (Å²) in [5.74, 6) is -1.81. The molecule has 7 nitrogen and oxygen atoms in total. The van der Waals surface area contributed by atoms with Crippen molar-refractivity contribution in [3.05, 3.63) is 40.4 Å². The summed E-state index contributed by atoms with van der Waals surface area (Å²) in [6.07, 6.45) is 1.89. The lowest BCUT2D eigenvalue weighted by Crippen LogP contribution is -2.44. The molecule has 2 rings (SSSR count). The van der Waals surface area contributed by atoms with Crippen LogP contribution >= 0.6 is 23.7 Å². The highest BCUT2D eigenvalue weighted by atomic mass is 35.5. The number of halogens is 3. The number of carbonyl (C=O) groups excluding carboxylic acids is 2. The number of amides is 2. The smallest absolute Gasteiger partial charge is 0.248 e. The van der Waals surface area contributed by atoms with Crippen molar-refractivity contribution in [3.8, 4) is 0 Å². The van der Waals surface area contributed by atoms with Crippen molar-refractivity contribution in [3.63, 3.8) is 0 Å². The molecule has 0 aliphatic carbocycles. The Balaban J connectivity index is 0.00000544. The lowest BCUT2D eigenvalue weighted by molar-refractivity contribution is -0.126. The maximum atomic E-state index is 13.3. The van der Waals surface area contributed by atoms with Gasteiger partial charge in [-0.3, -0.25) is 14.9 Å². The predicted octanol–water partition coefficient (Wildman–Crippen LogP) is 4.40. The van der Waals surface area contributed by atoms with Crippen molar-refractivity contribution in [2.75, 3.05) is 11.9 Å². The van der Waals surface area contributed by atoms with E-state index >= 15 is 0 Å². The molecule has 2 atom stereocenters. The number of hydrogen-bond acceptors (Lipinski definition) is 6. The van der Waals surface area contributed by atoms with E-state index in [1.54, 1.807) is 0 Å². The Kier molecular flexibility index (Phi) is 12.4. The first kappa shape index (κ1) is 28.9. The monoisotopic (exact) mass is 503 g/mol. The van der Waals surface area contributed by atoms with Crippen LogP contribution in [0.1, 0.15) is 63.6 Å². The molecule has 0 aliphatic heterocycles. The van der Waals surface area contributed by atoms with Crippen LogP contribution in [0, 0.1) is 17.6 Å². The number of anilines is 1. The third-order valence-electron chi connectivity index (χ3n) is 4.73. The minimum atomic E-state index is -0.792. The maximum absolute atomic E-state index is 13.3. The third-order valence-corrected chi connectivity index (χ3v) is 5.75. The van der Waals surface area contributed by atoms with E-state index in [0.717, 1.165) is 36.2 Å². The molecule has 3 N–H and O–H groups in total. The van der Waals surface area contributed by atoms with Crippen LogP contribution in [-0.4, -0.2) is 34.6 Å². The Labute approximate surface area is 203 Å². The van der Waals surface area contributed by atoms with Crippen molar-refractivity contribution in [1.29, 1.82) is 0 Å². The van der Waals surface area contributed by atoms with Crippen LogP contribution in [0.3, 0.4) is 0 Å². The molecule has 33 heavy (non-hydrogen) atoms. The normalized spacial score (nSPS) is 12.7. The molecule has 0 saturated carbocycles. The SMILES string of the molecule is CCCC(NC(=O)Cc1cc(F)cc(F)c1)C(=O)Nc1nnc(C(C)NCCC(C)C)s1.Cl. The molecular weight excluding hydrogens is 472 g/mol. The van der Waals surface area contributed by atoms with Gasteiger partial charge in [-0.15, -0.1) is 22.6 Å². The number of aromatic nitrogens is 2. The lowest BCUT2D eigenvalue weighted by atomic mass is 10.1.